The van der Waals surface area contributed by atoms with Crippen LogP contribution in [0.4, 0.5) is 0 Å². The van der Waals surface area contributed by atoms with Crippen molar-refractivity contribution in [1.29, 1.82) is 0 Å². The lowest BCUT2D eigenvalue weighted by atomic mass is 9.85. The first-order valence-corrected chi connectivity index (χ1v) is 6.39. The Morgan fingerprint density at radius 2 is 2.06 bits per heavy atom. The van der Waals surface area contributed by atoms with Gasteiger partial charge in [-0.1, -0.05) is 12.2 Å². The fraction of sp³-hybridized carbons (Fsp3) is 0.846. The Bertz CT molecular complexity index is 281. The van der Waals surface area contributed by atoms with Crippen molar-refractivity contribution in [2.75, 3.05) is 19.8 Å². The van der Waals surface area contributed by atoms with Gasteiger partial charge in [-0.3, -0.25) is 0 Å². The van der Waals surface area contributed by atoms with Crippen molar-refractivity contribution in [2.24, 2.45) is 17.8 Å². The predicted molar refractivity (Wildman–Crippen MR) is 59.8 cm³/mol. The minimum Gasteiger partial charge on any atom is -0.396 e. The minimum absolute atomic E-state index is 0.180. The highest BCUT2D eigenvalue weighted by Crippen LogP contribution is 2.52. The number of ether oxygens (including phenoxy) is 2. The van der Waals surface area contributed by atoms with Crippen LogP contribution >= 0.6 is 0 Å². The van der Waals surface area contributed by atoms with Crippen LogP contribution in [0.3, 0.4) is 0 Å². The van der Waals surface area contributed by atoms with Crippen molar-refractivity contribution in [2.45, 2.75) is 31.5 Å². The van der Waals surface area contributed by atoms with E-state index >= 15 is 0 Å². The highest BCUT2D eigenvalue weighted by atomic mass is 16.7. The fourth-order valence-corrected chi connectivity index (χ4v) is 3.77. The summed E-state index contributed by atoms with van der Waals surface area (Å²) in [6.07, 6.45) is 8.94. The number of aliphatic hydroxyl groups excluding tert-OH is 1. The summed E-state index contributed by atoms with van der Waals surface area (Å²) in [5.41, 5.74) is 0. The van der Waals surface area contributed by atoms with Crippen LogP contribution in [0.1, 0.15) is 25.7 Å². The average molecular weight is 224 g/mol. The second-order valence-corrected chi connectivity index (χ2v) is 5.21. The Kier molecular flexibility index (Phi) is 2.78. The summed E-state index contributed by atoms with van der Waals surface area (Å²) in [4.78, 5) is 0. The van der Waals surface area contributed by atoms with E-state index in [-0.39, 0.29) is 12.5 Å². The van der Waals surface area contributed by atoms with E-state index in [1.54, 1.807) is 0 Å². The zero-order valence-electron chi connectivity index (χ0n) is 9.60. The molecule has 0 amide bonds. The van der Waals surface area contributed by atoms with Gasteiger partial charge in [0, 0.05) is 12.3 Å². The largest absolute Gasteiger partial charge is 0.396 e. The molecule has 1 N–H and O–H groups in total. The molecule has 0 radical (unpaired) electrons. The molecule has 1 aliphatic heterocycles. The Hall–Kier alpha value is -0.380. The van der Waals surface area contributed by atoms with Gasteiger partial charge in [0.1, 0.15) is 0 Å². The van der Waals surface area contributed by atoms with Crippen LogP contribution in [0.5, 0.6) is 0 Å². The number of allylic oxidation sites excluding steroid dienone is 2. The lowest BCUT2D eigenvalue weighted by Crippen LogP contribution is -2.38. The van der Waals surface area contributed by atoms with Gasteiger partial charge >= 0.3 is 0 Å². The normalized spacial score (nSPS) is 41.2. The number of hydrogen-bond donors (Lipinski definition) is 1. The van der Waals surface area contributed by atoms with Crippen LogP contribution in [-0.4, -0.2) is 30.7 Å². The third-order valence-corrected chi connectivity index (χ3v) is 4.48. The van der Waals surface area contributed by atoms with Crippen molar-refractivity contribution in [1.82, 2.24) is 0 Å². The van der Waals surface area contributed by atoms with Gasteiger partial charge in [-0.15, -0.1) is 0 Å². The third kappa shape index (κ3) is 1.53. The van der Waals surface area contributed by atoms with Crippen molar-refractivity contribution >= 4 is 0 Å². The van der Waals surface area contributed by atoms with Gasteiger partial charge in [0.2, 0.25) is 0 Å². The Labute approximate surface area is 96.4 Å². The maximum absolute atomic E-state index is 9.64. The molecule has 3 nitrogen and oxygen atoms in total. The Morgan fingerprint density at radius 1 is 1.25 bits per heavy atom. The highest BCUT2D eigenvalue weighted by Gasteiger charge is 2.56. The van der Waals surface area contributed by atoms with Crippen molar-refractivity contribution < 1.29 is 14.6 Å². The Morgan fingerprint density at radius 3 is 2.81 bits per heavy atom. The van der Waals surface area contributed by atoms with Crippen LogP contribution in [-0.2, 0) is 9.47 Å². The van der Waals surface area contributed by atoms with Crippen LogP contribution in [0, 0.1) is 17.8 Å². The molecule has 0 bridgehead atoms. The van der Waals surface area contributed by atoms with Crippen LogP contribution in [0.15, 0.2) is 12.2 Å². The summed E-state index contributed by atoms with van der Waals surface area (Å²) >= 11 is 0. The van der Waals surface area contributed by atoms with Gasteiger partial charge in [-0.2, -0.15) is 0 Å². The van der Waals surface area contributed by atoms with Crippen molar-refractivity contribution in [3.05, 3.63) is 12.2 Å². The number of fused-ring (bicyclic) bond motifs is 1. The van der Waals surface area contributed by atoms with E-state index in [1.165, 1.54) is 6.42 Å². The molecule has 0 aromatic rings. The molecule has 1 saturated heterocycles. The molecule has 1 spiro atoms. The van der Waals surface area contributed by atoms with Crippen molar-refractivity contribution in [3.8, 4) is 0 Å². The molecule has 2 aliphatic carbocycles. The van der Waals surface area contributed by atoms with E-state index in [1.807, 2.05) is 0 Å². The van der Waals surface area contributed by atoms with E-state index in [0.29, 0.717) is 25.0 Å². The maximum atomic E-state index is 9.64. The van der Waals surface area contributed by atoms with Gasteiger partial charge in [0.05, 0.1) is 19.8 Å². The van der Waals surface area contributed by atoms with Gasteiger partial charge in [-0.25, -0.2) is 0 Å². The van der Waals surface area contributed by atoms with Gasteiger partial charge in [0.15, 0.2) is 5.79 Å². The van der Waals surface area contributed by atoms with Crippen LogP contribution in [0.2, 0.25) is 0 Å². The number of hydrogen-bond acceptors (Lipinski definition) is 3. The summed E-state index contributed by atoms with van der Waals surface area (Å²) in [6, 6.07) is 0. The molecule has 0 aromatic heterocycles. The summed E-state index contributed by atoms with van der Waals surface area (Å²) < 4.78 is 11.7. The lowest BCUT2D eigenvalue weighted by Gasteiger charge is -2.30. The molecule has 0 aromatic carbocycles. The van der Waals surface area contributed by atoms with E-state index in [9.17, 15) is 5.11 Å². The highest BCUT2D eigenvalue weighted by molar-refractivity contribution is 5.03. The molecule has 0 unspecified atom stereocenters. The molecule has 3 heteroatoms. The van der Waals surface area contributed by atoms with Gasteiger partial charge < -0.3 is 14.6 Å². The monoisotopic (exact) mass is 224 g/mol. The fourth-order valence-electron chi connectivity index (χ4n) is 3.77. The molecule has 2 fully saturated rings. The van der Waals surface area contributed by atoms with E-state index in [0.717, 1.165) is 19.3 Å². The van der Waals surface area contributed by atoms with E-state index < -0.39 is 5.79 Å². The lowest BCUT2D eigenvalue weighted by molar-refractivity contribution is -0.194. The molecule has 1 saturated carbocycles. The average Bonchev–Trinajstić information content (AvgIpc) is 2.79. The third-order valence-electron chi connectivity index (χ3n) is 4.48. The molecule has 3 aliphatic rings. The SMILES string of the molecule is OC[C@H]1[C@@H]2CCC=CC[C@H]2CC12OCCO2. The maximum Gasteiger partial charge on any atom is 0.174 e. The van der Waals surface area contributed by atoms with E-state index in [4.69, 9.17) is 9.47 Å². The first kappa shape index (κ1) is 10.8. The van der Waals surface area contributed by atoms with Crippen molar-refractivity contribution in [3.63, 3.8) is 0 Å². The predicted octanol–water partition coefficient (Wildman–Crippen LogP) is 1.71. The molecule has 3 atom stereocenters. The van der Waals surface area contributed by atoms with Gasteiger partial charge in [0.25, 0.3) is 0 Å². The summed E-state index contributed by atoms with van der Waals surface area (Å²) in [6.45, 7) is 1.57. The standard InChI is InChI=1S/C13H20O3/c14-9-12-11-5-3-1-2-4-10(11)8-13(12)15-6-7-16-13/h1-2,10-12,14H,3-9H2/t10-,11+,12-/m0/s1. The number of aliphatic hydroxyl groups is 1. The zero-order chi connectivity index (χ0) is 11.0. The molecule has 1 heterocycles. The number of rotatable bonds is 1. The molecular weight excluding hydrogens is 204 g/mol. The quantitative estimate of drug-likeness (QED) is 0.689. The van der Waals surface area contributed by atoms with Crippen LogP contribution < -0.4 is 0 Å². The molecule has 90 valence electrons. The molecular formula is C13H20O3. The smallest absolute Gasteiger partial charge is 0.174 e. The topological polar surface area (TPSA) is 38.7 Å². The molecule has 3 rings (SSSR count). The van der Waals surface area contributed by atoms with Gasteiger partial charge in [-0.05, 0) is 31.1 Å². The summed E-state index contributed by atoms with van der Waals surface area (Å²) in [5.74, 6) is 0.932. The zero-order valence-corrected chi connectivity index (χ0v) is 9.60. The summed E-state index contributed by atoms with van der Waals surface area (Å²) in [5, 5.41) is 9.64. The van der Waals surface area contributed by atoms with E-state index in [2.05, 4.69) is 12.2 Å². The first-order chi connectivity index (χ1) is 7.86. The Balaban J connectivity index is 1.85. The second kappa shape index (κ2) is 4.13. The van der Waals surface area contributed by atoms with Crippen LogP contribution in [0.25, 0.3) is 0 Å². The summed E-state index contributed by atoms with van der Waals surface area (Å²) in [7, 11) is 0. The minimum atomic E-state index is -0.449. The second-order valence-electron chi connectivity index (χ2n) is 5.21. The molecule has 16 heavy (non-hydrogen) atoms. The first-order valence-electron chi connectivity index (χ1n) is 6.39.